The van der Waals surface area contributed by atoms with Gasteiger partial charge in [0.25, 0.3) is 0 Å². The van der Waals surface area contributed by atoms with Crippen LogP contribution in [0.4, 0.5) is 5.69 Å². The summed E-state index contributed by atoms with van der Waals surface area (Å²) < 4.78 is 0. The molecule has 1 N–H and O–H groups in total. The number of hydrogen-bond donors (Lipinski definition) is 1. The molecule has 0 aliphatic carbocycles. The van der Waals surface area contributed by atoms with Crippen LogP contribution in [0.25, 0.3) is 0 Å². The van der Waals surface area contributed by atoms with Crippen LogP contribution in [0.3, 0.4) is 0 Å². The SMILES string of the molecule is OCC1CCN(c2ccc(CN3CCCCC3)cc2)CC1. The van der Waals surface area contributed by atoms with Gasteiger partial charge in [0.1, 0.15) is 0 Å². The molecule has 0 aromatic heterocycles. The highest BCUT2D eigenvalue weighted by atomic mass is 16.3. The van der Waals surface area contributed by atoms with Gasteiger partial charge in [0.2, 0.25) is 0 Å². The Labute approximate surface area is 128 Å². The average Bonchev–Trinajstić information content (AvgIpc) is 2.57. The minimum Gasteiger partial charge on any atom is -0.396 e. The van der Waals surface area contributed by atoms with Crippen molar-refractivity contribution in [2.45, 2.75) is 38.6 Å². The van der Waals surface area contributed by atoms with Crippen LogP contribution >= 0.6 is 0 Å². The summed E-state index contributed by atoms with van der Waals surface area (Å²) in [6, 6.07) is 9.14. The van der Waals surface area contributed by atoms with E-state index >= 15 is 0 Å². The third-order valence-corrected chi connectivity index (χ3v) is 5.03. The molecule has 2 aliphatic heterocycles. The Balaban J connectivity index is 1.54. The summed E-state index contributed by atoms with van der Waals surface area (Å²) in [7, 11) is 0. The highest BCUT2D eigenvalue weighted by molar-refractivity contribution is 5.48. The van der Waals surface area contributed by atoms with Gasteiger partial charge < -0.3 is 10.0 Å². The van der Waals surface area contributed by atoms with Crippen LogP contribution in [-0.4, -0.2) is 42.8 Å². The molecule has 0 saturated carbocycles. The van der Waals surface area contributed by atoms with Gasteiger partial charge in [0, 0.05) is 31.9 Å². The lowest BCUT2D eigenvalue weighted by atomic mass is 9.97. The predicted molar refractivity (Wildman–Crippen MR) is 87.6 cm³/mol. The molecular formula is C18H28N2O. The number of aliphatic hydroxyl groups is 1. The van der Waals surface area contributed by atoms with Gasteiger partial charge in [-0.3, -0.25) is 4.90 Å². The normalized spacial score (nSPS) is 21.7. The average molecular weight is 288 g/mol. The molecule has 0 spiro atoms. The Morgan fingerprint density at radius 3 is 2.19 bits per heavy atom. The van der Waals surface area contributed by atoms with Crippen molar-refractivity contribution < 1.29 is 5.11 Å². The standard InChI is InChI=1S/C18H28N2O/c21-15-17-8-12-20(13-9-17)18-6-4-16(5-7-18)14-19-10-2-1-3-11-19/h4-7,17,21H,1-3,8-15H2. The topological polar surface area (TPSA) is 26.7 Å². The number of piperidine rings is 2. The maximum absolute atomic E-state index is 9.22. The van der Waals surface area contributed by atoms with Crippen molar-refractivity contribution in [3.8, 4) is 0 Å². The van der Waals surface area contributed by atoms with Crippen molar-refractivity contribution >= 4 is 5.69 Å². The molecule has 3 nitrogen and oxygen atoms in total. The fourth-order valence-corrected chi connectivity index (χ4v) is 3.56. The van der Waals surface area contributed by atoms with Gasteiger partial charge in [-0.05, 0) is 62.4 Å². The molecule has 0 atom stereocenters. The van der Waals surface area contributed by atoms with E-state index in [1.54, 1.807) is 0 Å². The largest absolute Gasteiger partial charge is 0.396 e. The first-order chi connectivity index (χ1) is 10.3. The second-order valence-electron chi connectivity index (χ2n) is 6.62. The van der Waals surface area contributed by atoms with Gasteiger partial charge in [-0.25, -0.2) is 0 Å². The molecular weight excluding hydrogens is 260 g/mol. The molecule has 2 heterocycles. The van der Waals surface area contributed by atoms with Crippen LogP contribution in [0.2, 0.25) is 0 Å². The fourth-order valence-electron chi connectivity index (χ4n) is 3.56. The van der Waals surface area contributed by atoms with E-state index in [4.69, 9.17) is 0 Å². The molecule has 0 amide bonds. The number of rotatable bonds is 4. The van der Waals surface area contributed by atoms with Crippen LogP contribution in [0, 0.1) is 5.92 Å². The summed E-state index contributed by atoms with van der Waals surface area (Å²) in [5, 5.41) is 9.22. The highest BCUT2D eigenvalue weighted by Crippen LogP contribution is 2.24. The van der Waals surface area contributed by atoms with Crippen molar-refractivity contribution in [3.05, 3.63) is 29.8 Å². The van der Waals surface area contributed by atoms with Gasteiger partial charge in [-0.2, -0.15) is 0 Å². The van der Waals surface area contributed by atoms with Gasteiger partial charge in [-0.15, -0.1) is 0 Å². The summed E-state index contributed by atoms with van der Waals surface area (Å²) in [6.07, 6.45) is 6.35. The van der Waals surface area contributed by atoms with Crippen molar-refractivity contribution in [1.82, 2.24) is 4.90 Å². The Bertz CT molecular complexity index is 417. The van der Waals surface area contributed by atoms with E-state index < -0.39 is 0 Å². The third kappa shape index (κ3) is 3.98. The zero-order valence-electron chi connectivity index (χ0n) is 13.0. The number of anilines is 1. The van der Waals surface area contributed by atoms with Gasteiger partial charge in [0.05, 0.1) is 0 Å². The summed E-state index contributed by atoms with van der Waals surface area (Å²) in [5.41, 5.74) is 2.78. The van der Waals surface area contributed by atoms with Crippen molar-refractivity contribution in [1.29, 1.82) is 0 Å². The molecule has 0 radical (unpaired) electrons. The van der Waals surface area contributed by atoms with E-state index in [1.165, 1.54) is 43.6 Å². The molecule has 0 unspecified atom stereocenters. The van der Waals surface area contributed by atoms with Crippen LogP contribution in [-0.2, 0) is 6.54 Å². The first kappa shape index (κ1) is 14.9. The van der Waals surface area contributed by atoms with Crippen LogP contribution in [0.5, 0.6) is 0 Å². The van der Waals surface area contributed by atoms with E-state index in [-0.39, 0.29) is 0 Å². The van der Waals surface area contributed by atoms with E-state index in [0.29, 0.717) is 12.5 Å². The van der Waals surface area contributed by atoms with E-state index in [2.05, 4.69) is 34.1 Å². The Kier molecular flexibility index (Phi) is 5.15. The quantitative estimate of drug-likeness (QED) is 0.923. The molecule has 3 rings (SSSR count). The van der Waals surface area contributed by atoms with Crippen molar-refractivity contribution in [3.63, 3.8) is 0 Å². The maximum atomic E-state index is 9.22. The smallest absolute Gasteiger partial charge is 0.0460 e. The summed E-state index contributed by atoms with van der Waals surface area (Å²) in [6.45, 7) is 6.13. The van der Waals surface area contributed by atoms with E-state index in [1.807, 2.05) is 0 Å². The van der Waals surface area contributed by atoms with Crippen molar-refractivity contribution in [2.75, 3.05) is 37.7 Å². The molecule has 2 saturated heterocycles. The van der Waals surface area contributed by atoms with E-state index in [0.717, 1.165) is 32.5 Å². The predicted octanol–water partition coefficient (Wildman–Crippen LogP) is 2.88. The first-order valence-electron chi connectivity index (χ1n) is 8.52. The molecule has 2 aliphatic rings. The maximum Gasteiger partial charge on any atom is 0.0460 e. The molecule has 1 aromatic carbocycles. The molecule has 0 bridgehead atoms. The van der Waals surface area contributed by atoms with Gasteiger partial charge in [-0.1, -0.05) is 18.6 Å². The van der Waals surface area contributed by atoms with Gasteiger partial charge >= 0.3 is 0 Å². The number of benzene rings is 1. The number of aliphatic hydroxyl groups excluding tert-OH is 1. The zero-order valence-corrected chi connectivity index (χ0v) is 13.0. The summed E-state index contributed by atoms with van der Waals surface area (Å²) in [4.78, 5) is 5.03. The molecule has 2 fully saturated rings. The van der Waals surface area contributed by atoms with Crippen LogP contribution < -0.4 is 4.90 Å². The monoisotopic (exact) mass is 288 g/mol. The van der Waals surface area contributed by atoms with E-state index in [9.17, 15) is 5.11 Å². The number of likely N-dealkylation sites (tertiary alicyclic amines) is 1. The molecule has 21 heavy (non-hydrogen) atoms. The van der Waals surface area contributed by atoms with Crippen LogP contribution in [0.1, 0.15) is 37.7 Å². The highest BCUT2D eigenvalue weighted by Gasteiger charge is 2.18. The Morgan fingerprint density at radius 1 is 0.905 bits per heavy atom. The lowest BCUT2D eigenvalue weighted by Gasteiger charge is -2.33. The Morgan fingerprint density at radius 2 is 1.57 bits per heavy atom. The number of hydrogen-bond acceptors (Lipinski definition) is 3. The third-order valence-electron chi connectivity index (χ3n) is 5.03. The lowest BCUT2D eigenvalue weighted by Crippen LogP contribution is -2.34. The minimum absolute atomic E-state index is 0.350. The van der Waals surface area contributed by atoms with Gasteiger partial charge in [0.15, 0.2) is 0 Å². The first-order valence-corrected chi connectivity index (χ1v) is 8.52. The molecule has 3 heteroatoms. The van der Waals surface area contributed by atoms with Crippen molar-refractivity contribution in [2.24, 2.45) is 5.92 Å². The lowest BCUT2D eigenvalue weighted by molar-refractivity contribution is 0.203. The second kappa shape index (κ2) is 7.28. The summed E-state index contributed by atoms with van der Waals surface area (Å²) >= 11 is 0. The second-order valence-corrected chi connectivity index (χ2v) is 6.62. The zero-order chi connectivity index (χ0) is 14.5. The molecule has 116 valence electrons. The minimum atomic E-state index is 0.350. The molecule has 1 aromatic rings. The number of nitrogens with zero attached hydrogens (tertiary/aromatic N) is 2. The fraction of sp³-hybridized carbons (Fsp3) is 0.667. The van der Waals surface area contributed by atoms with Crippen LogP contribution in [0.15, 0.2) is 24.3 Å². The summed E-state index contributed by atoms with van der Waals surface area (Å²) in [5.74, 6) is 0.514. The Hall–Kier alpha value is -1.06.